The van der Waals surface area contributed by atoms with Crippen LogP contribution in [-0.2, 0) is 0 Å². The standard InChI is InChI=1S/C48H34N2.C44H32N2/c1-4-12-35(13-5-1)37-20-27-42(28-21-37)49(43-29-22-38(23-30-43)36-14-6-2-7-15-36)44-31-24-39(25-32-44)40-26-33-48-46(34-40)45-18-10-11-19-47(45)50(48)41-16-8-3-9-17-41;1-3-17-37(18-4-1)45(43-23-11-15-35-13-7-9-21-41(35)43)39-29-25-33(26-30-39)34-27-31-40(32-28-34)46(38-19-5-2-6-20-38)44-24-12-16-36-14-8-10-22-42(36)44/h1-34H;1-32H. The van der Waals surface area contributed by atoms with Crippen LogP contribution in [0.15, 0.2) is 400 Å². The van der Waals surface area contributed by atoms with Crippen LogP contribution in [0.2, 0.25) is 0 Å². The average Bonchev–Trinajstić information content (AvgIpc) is 1.05. The Morgan fingerprint density at radius 2 is 0.448 bits per heavy atom. The highest BCUT2D eigenvalue weighted by molar-refractivity contribution is 6.10. The second-order valence-corrected chi connectivity index (χ2v) is 24.1. The van der Waals surface area contributed by atoms with Crippen LogP contribution in [0, 0.1) is 0 Å². The van der Waals surface area contributed by atoms with Gasteiger partial charge < -0.3 is 19.3 Å². The minimum atomic E-state index is 1.11. The molecule has 1 heterocycles. The minimum Gasteiger partial charge on any atom is -0.311 e. The van der Waals surface area contributed by atoms with Gasteiger partial charge in [-0.15, -0.1) is 0 Å². The molecule has 0 spiro atoms. The topological polar surface area (TPSA) is 14.7 Å². The molecular weight excluding hydrogens is 1160 g/mol. The lowest BCUT2D eigenvalue weighted by atomic mass is 10.0. The van der Waals surface area contributed by atoms with Crippen LogP contribution in [0.4, 0.5) is 51.2 Å². The van der Waals surface area contributed by atoms with Gasteiger partial charge in [0.2, 0.25) is 0 Å². The van der Waals surface area contributed by atoms with Crippen LogP contribution in [0.3, 0.4) is 0 Å². The summed E-state index contributed by atoms with van der Waals surface area (Å²) >= 11 is 0. The number of hydrogen-bond acceptors (Lipinski definition) is 3. The van der Waals surface area contributed by atoms with Crippen molar-refractivity contribution in [2.24, 2.45) is 0 Å². The molecule has 0 radical (unpaired) electrons. The highest BCUT2D eigenvalue weighted by Crippen LogP contribution is 2.44. The van der Waals surface area contributed by atoms with Crippen molar-refractivity contribution >= 4 is 94.5 Å². The van der Waals surface area contributed by atoms with E-state index in [-0.39, 0.29) is 0 Å². The summed E-state index contributed by atoms with van der Waals surface area (Å²) in [5, 5.41) is 7.42. The fraction of sp³-hybridized carbons (Fsp3) is 0. The maximum atomic E-state index is 2.36. The highest BCUT2D eigenvalue weighted by Gasteiger charge is 2.20. The molecule has 0 N–H and O–H groups in total. The van der Waals surface area contributed by atoms with Crippen LogP contribution in [0.5, 0.6) is 0 Å². The molecule has 17 aromatic rings. The Labute approximate surface area is 561 Å². The second-order valence-electron chi connectivity index (χ2n) is 24.1. The first-order chi connectivity index (χ1) is 47.6. The van der Waals surface area contributed by atoms with E-state index in [2.05, 4.69) is 420 Å². The molecule has 96 heavy (non-hydrogen) atoms. The number of nitrogens with zero attached hydrogens (tertiary/aromatic N) is 4. The molecule has 0 fully saturated rings. The summed E-state index contributed by atoms with van der Waals surface area (Å²) in [7, 11) is 0. The lowest BCUT2D eigenvalue weighted by molar-refractivity contribution is 1.18. The maximum absolute atomic E-state index is 2.36. The van der Waals surface area contributed by atoms with Crippen LogP contribution in [-0.4, -0.2) is 4.57 Å². The third-order valence-corrected chi connectivity index (χ3v) is 18.2. The lowest BCUT2D eigenvalue weighted by Crippen LogP contribution is -2.10. The molecule has 4 heteroatoms. The molecule has 0 unspecified atom stereocenters. The van der Waals surface area contributed by atoms with Gasteiger partial charge in [-0.05, 0) is 183 Å². The molecular formula is C92H66N4. The number of rotatable bonds is 14. The zero-order valence-corrected chi connectivity index (χ0v) is 52.9. The molecule has 0 saturated carbocycles. The molecule has 4 nitrogen and oxygen atoms in total. The van der Waals surface area contributed by atoms with Crippen LogP contribution < -0.4 is 14.7 Å². The minimum absolute atomic E-state index is 1.11. The fourth-order valence-electron chi connectivity index (χ4n) is 13.5. The largest absolute Gasteiger partial charge is 0.311 e. The van der Waals surface area contributed by atoms with E-state index in [4.69, 9.17) is 0 Å². The summed E-state index contributed by atoms with van der Waals surface area (Å²) in [5.74, 6) is 0. The molecule has 0 atom stereocenters. The van der Waals surface area contributed by atoms with Gasteiger partial charge in [0.25, 0.3) is 0 Å². The van der Waals surface area contributed by atoms with E-state index in [9.17, 15) is 0 Å². The van der Waals surface area contributed by atoms with E-state index in [1.165, 1.54) is 93.5 Å². The Kier molecular flexibility index (Phi) is 16.1. The molecule has 0 aliphatic rings. The Morgan fingerprint density at radius 3 is 0.865 bits per heavy atom. The van der Waals surface area contributed by atoms with Crippen LogP contribution in [0.25, 0.3) is 93.5 Å². The van der Waals surface area contributed by atoms with E-state index in [0.29, 0.717) is 0 Å². The zero-order chi connectivity index (χ0) is 64.0. The van der Waals surface area contributed by atoms with E-state index >= 15 is 0 Å². The van der Waals surface area contributed by atoms with E-state index in [1.54, 1.807) is 0 Å². The summed E-state index contributed by atoms with van der Waals surface area (Å²) in [4.78, 5) is 7.03. The van der Waals surface area contributed by atoms with Crippen LogP contribution in [0.1, 0.15) is 0 Å². The predicted molar refractivity (Wildman–Crippen MR) is 408 cm³/mol. The first-order valence-electron chi connectivity index (χ1n) is 32.8. The third kappa shape index (κ3) is 11.7. The molecule has 16 aromatic carbocycles. The average molecular weight is 1230 g/mol. The summed E-state index contributed by atoms with van der Waals surface area (Å²) in [6, 6.07) is 143. The van der Waals surface area contributed by atoms with Gasteiger partial charge in [-0.25, -0.2) is 0 Å². The third-order valence-electron chi connectivity index (χ3n) is 18.2. The smallest absolute Gasteiger partial charge is 0.0541 e. The number of benzene rings is 16. The summed E-state index contributed by atoms with van der Waals surface area (Å²) in [6.45, 7) is 0. The number of fused-ring (bicyclic) bond motifs is 5. The first kappa shape index (κ1) is 58.3. The number of para-hydroxylation sites is 4. The molecule has 454 valence electrons. The van der Waals surface area contributed by atoms with Gasteiger partial charge in [-0.3, -0.25) is 0 Å². The molecule has 1 aromatic heterocycles. The SMILES string of the molecule is c1ccc(-c2ccc(N(c3ccc(-c4ccccc4)cc3)c3ccc(-c4ccc5c(c4)c4ccccc4n5-c4ccccc4)cc3)cc2)cc1.c1ccc(N(c2ccc(-c3ccc(N(c4ccccc4)c4cccc5ccccc45)cc3)cc2)c2cccc3ccccc23)cc1. The lowest BCUT2D eigenvalue weighted by Gasteiger charge is -2.27. The van der Waals surface area contributed by atoms with Gasteiger partial charge in [-0.2, -0.15) is 0 Å². The van der Waals surface area contributed by atoms with Crippen molar-refractivity contribution in [3.8, 4) is 50.2 Å². The summed E-state index contributed by atoms with van der Waals surface area (Å²) < 4.78 is 2.36. The zero-order valence-electron chi connectivity index (χ0n) is 52.9. The van der Waals surface area contributed by atoms with Gasteiger partial charge in [0.05, 0.1) is 22.4 Å². The van der Waals surface area contributed by atoms with Gasteiger partial charge in [0, 0.05) is 67.0 Å². The number of hydrogen-bond donors (Lipinski definition) is 0. The van der Waals surface area contributed by atoms with Crippen molar-refractivity contribution in [1.29, 1.82) is 0 Å². The molecule has 0 saturated heterocycles. The van der Waals surface area contributed by atoms with Crippen molar-refractivity contribution in [3.63, 3.8) is 0 Å². The first-order valence-corrected chi connectivity index (χ1v) is 32.8. The molecule has 0 aliphatic carbocycles. The molecule has 0 aliphatic heterocycles. The quantitative estimate of drug-likeness (QED) is 0.108. The van der Waals surface area contributed by atoms with E-state index < -0.39 is 0 Å². The van der Waals surface area contributed by atoms with E-state index in [1.807, 2.05) is 0 Å². The predicted octanol–water partition coefficient (Wildman–Crippen LogP) is 25.9. The maximum Gasteiger partial charge on any atom is 0.0541 e. The Hall–Kier alpha value is -12.8. The number of aromatic nitrogens is 1. The molecule has 0 bridgehead atoms. The fourth-order valence-corrected chi connectivity index (χ4v) is 13.5. The Balaban J connectivity index is 0.000000152. The molecule has 17 rings (SSSR count). The molecule has 0 amide bonds. The Bertz CT molecular complexity index is 5210. The Morgan fingerprint density at radius 1 is 0.167 bits per heavy atom. The van der Waals surface area contributed by atoms with Crippen molar-refractivity contribution < 1.29 is 0 Å². The van der Waals surface area contributed by atoms with Crippen molar-refractivity contribution in [2.45, 2.75) is 0 Å². The van der Waals surface area contributed by atoms with Gasteiger partial charge in [0.15, 0.2) is 0 Å². The second kappa shape index (κ2) is 26.5. The van der Waals surface area contributed by atoms with Crippen molar-refractivity contribution in [1.82, 2.24) is 4.57 Å². The highest BCUT2D eigenvalue weighted by atomic mass is 15.2. The van der Waals surface area contributed by atoms with Gasteiger partial charge in [0.1, 0.15) is 0 Å². The summed E-state index contributed by atoms with van der Waals surface area (Å²) in [6.07, 6.45) is 0. The van der Waals surface area contributed by atoms with E-state index in [0.717, 1.165) is 51.2 Å². The van der Waals surface area contributed by atoms with Gasteiger partial charge >= 0.3 is 0 Å². The monoisotopic (exact) mass is 1230 g/mol. The van der Waals surface area contributed by atoms with Gasteiger partial charge in [-0.1, -0.05) is 273 Å². The number of anilines is 9. The summed E-state index contributed by atoms with van der Waals surface area (Å²) in [5.41, 5.74) is 23.3. The van der Waals surface area contributed by atoms with Crippen molar-refractivity contribution in [3.05, 3.63) is 400 Å². The van der Waals surface area contributed by atoms with Crippen LogP contribution >= 0.6 is 0 Å². The van der Waals surface area contributed by atoms with Crippen molar-refractivity contribution in [2.75, 3.05) is 14.7 Å². The normalized spacial score (nSPS) is 11.1.